The lowest BCUT2D eigenvalue weighted by molar-refractivity contribution is 0.138. The van der Waals surface area contributed by atoms with Gasteiger partial charge < -0.3 is 10.1 Å². The van der Waals surface area contributed by atoms with Gasteiger partial charge in [0.15, 0.2) is 0 Å². The Hall–Kier alpha value is -1.94. The van der Waals surface area contributed by atoms with Gasteiger partial charge in [-0.25, -0.2) is 0 Å². The van der Waals surface area contributed by atoms with E-state index in [1.54, 1.807) is 6.20 Å². The molecule has 3 rings (SSSR count). The second-order valence-corrected chi connectivity index (χ2v) is 5.80. The van der Waals surface area contributed by atoms with E-state index in [1.807, 2.05) is 12.1 Å². The molecule has 4 heteroatoms. The van der Waals surface area contributed by atoms with Gasteiger partial charge in [-0.15, -0.1) is 0 Å². The van der Waals surface area contributed by atoms with Crippen molar-refractivity contribution in [2.75, 3.05) is 0 Å². The molecular weight excluding hydrogens is 250 g/mol. The van der Waals surface area contributed by atoms with Crippen molar-refractivity contribution >= 4 is 0 Å². The quantitative estimate of drug-likeness (QED) is 0.926. The molecule has 0 saturated carbocycles. The van der Waals surface area contributed by atoms with Gasteiger partial charge >= 0.3 is 0 Å². The molecule has 0 atom stereocenters. The summed E-state index contributed by atoms with van der Waals surface area (Å²) < 4.78 is 5.88. The van der Waals surface area contributed by atoms with Crippen LogP contribution in [0.15, 0.2) is 36.5 Å². The molecule has 1 aliphatic heterocycles. The molecule has 1 N–H and O–H groups in total. The van der Waals surface area contributed by atoms with Gasteiger partial charge in [0.2, 0.25) is 0 Å². The zero-order valence-electron chi connectivity index (χ0n) is 11.9. The van der Waals surface area contributed by atoms with Crippen LogP contribution in [0.2, 0.25) is 0 Å². The van der Waals surface area contributed by atoms with E-state index in [4.69, 9.17) is 4.74 Å². The number of aromatic nitrogens is 2. The minimum absolute atomic E-state index is 0.0754. The van der Waals surface area contributed by atoms with E-state index in [2.05, 4.69) is 47.6 Å². The largest absolute Gasteiger partial charge is 0.487 e. The highest BCUT2D eigenvalue weighted by Gasteiger charge is 2.29. The molecule has 0 unspecified atom stereocenters. The normalized spacial score (nSPS) is 15.7. The van der Waals surface area contributed by atoms with Crippen LogP contribution in [0.1, 0.15) is 30.7 Å². The summed E-state index contributed by atoms with van der Waals surface area (Å²) in [4.78, 5) is 0. The Kier molecular flexibility index (Phi) is 3.40. The number of hydrogen-bond donors (Lipinski definition) is 1. The molecule has 4 nitrogen and oxygen atoms in total. The first kappa shape index (κ1) is 13.1. The van der Waals surface area contributed by atoms with Crippen LogP contribution in [-0.4, -0.2) is 15.8 Å². The van der Waals surface area contributed by atoms with E-state index in [0.29, 0.717) is 0 Å². The average molecular weight is 269 g/mol. The van der Waals surface area contributed by atoms with E-state index in [1.165, 1.54) is 11.1 Å². The van der Waals surface area contributed by atoms with Crippen LogP contribution >= 0.6 is 0 Å². The molecule has 0 amide bonds. The fourth-order valence-electron chi connectivity index (χ4n) is 2.54. The summed E-state index contributed by atoms with van der Waals surface area (Å²) in [7, 11) is 0. The van der Waals surface area contributed by atoms with Crippen LogP contribution in [0.4, 0.5) is 0 Å². The van der Waals surface area contributed by atoms with E-state index < -0.39 is 0 Å². The fourth-order valence-corrected chi connectivity index (χ4v) is 2.54. The fraction of sp³-hybridized carbons (Fsp3) is 0.375. The maximum atomic E-state index is 5.88. The van der Waals surface area contributed by atoms with Gasteiger partial charge in [-0.2, -0.15) is 10.2 Å². The molecule has 0 bridgehead atoms. The summed E-state index contributed by atoms with van der Waals surface area (Å²) in [6.45, 7) is 5.80. The Balaban J connectivity index is 1.60. The Morgan fingerprint density at radius 3 is 2.95 bits per heavy atom. The van der Waals surface area contributed by atoms with Crippen molar-refractivity contribution < 1.29 is 4.74 Å². The standard InChI is InChI=1S/C16H19N3O/c1-16(2)9-13-8-12(5-6-15(13)20-16)10-17-11-14-4-3-7-18-19-14/h3-8,17H,9-11H2,1-2H3. The molecule has 2 aromatic rings. The highest BCUT2D eigenvalue weighted by molar-refractivity contribution is 5.41. The zero-order chi connectivity index (χ0) is 14.0. The molecule has 0 spiro atoms. The van der Waals surface area contributed by atoms with Gasteiger partial charge in [-0.1, -0.05) is 12.1 Å². The summed E-state index contributed by atoms with van der Waals surface area (Å²) in [5, 5.41) is 11.3. The van der Waals surface area contributed by atoms with Crippen LogP contribution in [0.5, 0.6) is 5.75 Å². The van der Waals surface area contributed by atoms with Crippen molar-refractivity contribution in [3.63, 3.8) is 0 Å². The molecule has 2 heterocycles. The molecule has 0 saturated heterocycles. The third-order valence-electron chi connectivity index (χ3n) is 3.39. The number of nitrogens with one attached hydrogen (secondary N) is 1. The molecule has 1 aromatic carbocycles. The maximum Gasteiger partial charge on any atom is 0.123 e. The number of nitrogens with zero attached hydrogens (tertiary/aromatic N) is 2. The lowest BCUT2D eigenvalue weighted by atomic mass is 10.0. The summed E-state index contributed by atoms with van der Waals surface area (Å²) in [6.07, 6.45) is 2.66. The Morgan fingerprint density at radius 1 is 1.25 bits per heavy atom. The van der Waals surface area contributed by atoms with E-state index in [9.17, 15) is 0 Å². The highest BCUT2D eigenvalue weighted by Crippen LogP contribution is 2.35. The van der Waals surface area contributed by atoms with Gasteiger partial charge in [0, 0.05) is 25.7 Å². The van der Waals surface area contributed by atoms with E-state index in [0.717, 1.165) is 31.0 Å². The molecule has 104 valence electrons. The minimum atomic E-state index is -0.0754. The van der Waals surface area contributed by atoms with Crippen molar-refractivity contribution in [1.29, 1.82) is 0 Å². The summed E-state index contributed by atoms with van der Waals surface area (Å²) in [5.41, 5.74) is 3.45. The first-order valence-electron chi connectivity index (χ1n) is 6.90. The second kappa shape index (κ2) is 5.21. The van der Waals surface area contributed by atoms with Crippen LogP contribution < -0.4 is 10.1 Å². The third-order valence-corrected chi connectivity index (χ3v) is 3.39. The Bertz CT molecular complexity index is 596. The average Bonchev–Trinajstić information content (AvgIpc) is 2.73. The lowest BCUT2D eigenvalue weighted by Crippen LogP contribution is -2.24. The topological polar surface area (TPSA) is 47.0 Å². The summed E-state index contributed by atoms with van der Waals surface area (Å²) in [6, 6.07) is 10.3. The maximum absolute atomic E-state index is 5.88. The van der Waals surface area contributed by atoms with Crippen molar-refractivity contribution in [3.05, 3.63) is 53.3 Å². The van der Waals surface area contributed by atoms with Gasteiger partial charge in [0.25, 0.3) is 0 Å². The summed E-state index contributed by atoms with van der Waals surface area (Å²) >= 11 is 0. The lowest BCUT2D eigenvalue weighted by Gasteiger charge is -2.16. The van der Waals surface area contributed by atoms with Crippen molar-refractivity contribution in [1.82, 2.24) is 15.5 Å². The van der Waals surface area contributed by atoms with Crippen LogP contribution in [0.3, 0.4) is 0 Å². The SMILES string of the molecule is CC1(C)Cc2cc(CNCc3cccnn3)ccc2O1. The zero-order valence-corrected chi connectivity index (χ0v) is 11.9. The molecule has 0 radical (unpaired) electrons. The molecule has 1 aliphatic rings. The van der Waals surface area contributed by atoms with Crippen LogP contribution in [0, 0.1) is 0 Å². The minimum Gasteiger partial charge on any atom is -0.487 e. The van der Waals surface area contributed by atoms with Crippen LogP contribution in [-0.2, 0) is 19.5 Å². The van der Waals surface area contributed by atoms with Gasteiger partial charge in [-0.3, -0.25) is 0 Å². The number of ether oxygens (including phenoxy) is 1. The predicted octanol–water partition coefficient (Wildman–Crippen LogP) is 2.48. The highest BCUT2D eigenvalue weighted by atomic mass is 16.5. The van der Waals surface area contributed by atoms with Gasteiger partial charge in [0.1, 0.15) is 11.4 Å². The Morgan fingerprint density at radius 2 is 2.15 bits per heavy atom. The van der Waals surface area contributed by atoms with Crippen LogP contribution in [0.25, 0.3) is 0 Å². The first-order chi connectivity index (χ1) is 9.62. The van der Waals surface area contributed by atoms with E-state index >= 15 is 0 Å². The molecule has 20 heavy (non-hydrogen) atoms. The second-order valence-electron chi connectivity index (χ2n) is 5.80. The number of rotatable bonds is 4. The first-order valence-corrected chi connectivity index (χ1v) is 6.90. The number of benzene rings is 1. The number of hydrogen-bond acceptors (Lipinski definition) is 4. The van der Waals surface area contributed by atoms with E-state index in [-0.39, 0.29) is 5.60 Å². The summed E-state index contributed by atoms with van der Waals surface area (Å²) in [5.74, 6) is 1.02. The molecule has 0 aliphatic carbocycles. The smallest absolute Gasteiger partial charge is 0.123 e. The third kappa shape index (κ3) is 2.96. The number of fused-ring (bicyclic) bond motifs is 1. The predicted molar refractivity (Wildman–Crippen MR) is 77.4 cm³/mol. The van der Waals surface area contributed by atoms with Gasteiger partial charge in [-0.05, 0) is 43.2 Å². The van der Waals surface area contributed by atoms with Crippen molar-refractivity contribution in [2.45, 2.75) is 39.0 Å². The molecule has 1 aromatic heterocycles. The monoisotopic (exact) mass is 269 g/mol. The van der Waals surface area contributed by atoms with Crippen molar-refractivity contribution in [3.8, 4) is 5.75 Å². The van der Waals surface area contributed by atoms with Gasteiger partial charge in [0.05, 0.1) is 5.69 Å². The Labute approximate surface area is 119 Å². The molecule has 0 fully saturated rings. The van der Waals surface area contributed by atoms with Crippen molar-refractivity contribution in [2.24, 2.45) is 0 Å². The molecular formula is C16H19N3O.